The Labute approximate surface area is 182 Å². The second kappa shape index (κ2) is 9.73. The lowest BCUT2D eigenvalue weighted by atomic mass is 10.1. The summed E-state index contributed by atoms with van der Waals surface area (Å²) in [5.74, 6) is 0.0896. The first-order valence-electron chi connectivity index (χ1n) is 10.7. The number of carbonyl (C=O) groups excluding carboxylic acids is 2. The van der Waals surface area contributed by atoms with Crippen molar-refractivity contribution in [3.63, 3.8) is 0 Å². The summed E-state index contributed by atoms with van der Waals surface area (Å²) in [7, 11) is 0. The first kappa shape index (κ1) is 21.0. The summed E-state index contributed by atoms with van der Waals surface area (Å²) in [6, 6.07) is 14.5. The summed E-state index contributed by atoms with van der Waals surface area (Å²) < 4.78 is 0. The van der Waals surface area contributed by atoms with Crippen LogP contribution in [0.4, 0.5) is 0 Å². The fourth-order valence-corrected chi connectivity index (χ4v) is 5.22. The van der Waals surface area contributed by atoms with Crippen LogP contribution >= 0.6 is 11.3 Å². The van der Waals surface area contributed by atoms with Gasteiger partial charge in [0.15, 0.2) is 0 Å². The zero-order chi connectivity index (χ0) is 20.9. The Kier molecular flexibility index (Phi) is 6.82. The number of nitrogens with zero attached hydrogens (tertiary/aromatic N) is 3. The summed E-state index contributed by atoms with van der Waals surface area (Å²) in [6.07, 6.45) is 0.695. The molecule has 160 valence electrons. The van der Waals surface area contributed by atoms with Crippen LogP contribution in [0.25, 0.3) is 0 Å². The molecule has 2 aromatic rings. The molecule has 2 unspecified atom stereocenters. The van der Waals surface area contributed by atoms with Crippen molar-refractivity contribution < 1.29 is 9.59 Å². The van der Waals surface area contributed by atoms with E-state index in [2.05, 4.69) is 52.0 Å². The highest BCUT2D eigenvalue weighted by Crippen LogP contribution is 2.28. The molecule has 2 amide bonds. The van der Waals surface area contributed by atoms with E-state index in [9.17, 15) is 9.59 Å². The predicted octanol–water partition coefficient (Wildman–Crippen LogP) is 2.17. The van der Waals surface area contributed by atoms with Crippen LogP contribution in [0.3, 0.4) is 0 Å². The van der Waals surface area contributed by atoms with Gasteiger partial charge in [0, 0.05) is 63.7 Å². The standard InChI is InChI=1S/C23H30N4O2S/c1-18(28)27-16-20(14-22(27)23(29)25-11-9-24-10-12-25)26(17-21-8-5-13-30-21)15-19-6-3-2-4-7-19/h2-8,13,20,22,24H,9-12,14-17H2,1H3. The summed E-state index contributed by atoms with van der Waals surface area (Å²) >= 11 is 1.75. The van der Waals surface area contributed by atoms with Crippen LogP contribution in [0, 0.1) is 0 Å². The smallest absolute Gasteiger partial charge is 0.245 e. The van der Waals surface area contributed by atoms with Gasteiger partial charge in [-0.15, -0.1) is 11.3 Å². The van der Waals surface area contributed by atoms with Crippen molar-refractivity contribution in [2.45, 2.75) is 38.5 Å². The van der Waals surface area contributed by atoms with E-state index >= 15 is 0 Å². The highest BCUT2D eigenvalue weighted by Gasteiger charge is 2.42. The van der Waals surface area contributed by atoms with Gasteiger partial charge in [-0.3, -0.25) is 14.5 Å². The van der Waals surface area contributed by atoms with E-state index in [1.54, 1.807) is 23.2 Å². The summed E-state index contributed by atoms with van der Waals surface area (Å²) in [5.41, 5.74) is 1.25. The maximum absolute atomic E-state index is 13.2. The number of hydrogen-bond donors (Lipinski definition) is 1. The summed E-state index contributed by atoms with van der Waals surface area (Å²) in [6.45, 7) is 6.91. The van der Waals surface area contributed by atoms with Gasteiger partial charge in [0.05, 0.1) is 0 Å². The number of piperazine rings is 1. The molecule has 0 aliphatic carbocycles. The number of benzene rings is 1. The molecule has 0 spiro atoms. The van der Waals surface area contributed by atoms with Crippen LogP contribution in [-0.4, -0.2) is 71.3 Å². The Hall–Kier alpha value is -2.22. The van der Waals surface area contributed by atoms with Crippen LogP contribution in [-0.2, 0) is 22.7 Å². The Morgan fingerprint density at radius 3 is 2.53 bits per heavy atom. The van der Waals surface area contributed by atoms with Gasteiger partial charge < -0.3 is 15.1 Å². The van der Waals surface area contributed by atoms with Crippen molar-refractivity contribution in [2.24, 2.45) is 0 Å². The molecule has 0 radical (unpaired) electrons. The quantitative estimate of drug-likeness (QED) is 0.769. The third kappa shape index (κ3) is 4.91. The van der Waals surface area contributed by atoms with E-state index in [1.807, 2.05) is 11.0 Å². The molecule has 2 aliphatic rings. The minimum atomic E-state index is -0.354. The molecule has 1 aromatic heterocycles. The van der Waals surface area contributed by atoms with E-state index < -0.39 is 0 Å². The molecule has 2 saturated heterocycles. The fraction of sp³-hybridized carbons (Fsp3) is 0.478. The Morgan fingerprint density at radius 2 is 1.87 bits per heavy atom. The highest BCUT2D eigenvalue weighted by molar-refractivity contribution is 7.09. The van der Waals surface area contributed by atoms with Gasteiger partial charge in [-0.25, -0.2) is 0 Å². The van der Waals surface area contributed by atoms with E-state index in [4.69, 9.17) is 0 Å². The molecule has 1 N–H and O–H groups in total. The zero-order valence-corrected chi connectivity index (χ0v) is 18.3. The molecule has 1 aromatic carbocycles. The third-order valence-electron chi connectivity index (χ3n) is 6.08. The Morgan fingerprint density at radius 1 is 1.10 bits per heavy atom. The fourth-order valence-electron chi connectivity index (χ4n) is 4.49. The third-order valence-corrected chi connectivity index (χ3v) is 6.94. The molecule has 0 saturated carbocycles. The second-order valence-corrected chi connectivity index (χ2v) is 9.15. The molecule has 7 heteroatoms. The zero-order valence-electron chi connectivity index (χ0n) is 17.5. The van der Waals surface area contributed by atoms with Gasteiger partial charge in [0.2, 0.25) is 11.8 Å². The largest absolute Gasteiger partial charge is 0.338 e. The molecule has 2 fully saturated rings. The summed E-state index contributed by atoms with van der Waals surface area (Å²) in [5, 5.41) is 5.39. The molecular formula is C23H30N4O2S. The van der Waals surface area contributed by atoms with Crippen LogP contribution < -0.4 is 5.32 Å². The minimum absolute atomic E-state index is 0.0123. The molecule has 6 nitrogen and oxygen atoms in total. The van der Waals surface area contributed by atoms with Crippen molar-refractivity contribution in [1.29, 1.82) is 0 Å². The molecule has 30 heavy (non-hydrogen) atoms. The molecule has 4 rings (SSSR count). The predicted molar refractivity (Wildman–Crippen MR) is 119 cm³/mol. The number of rotatable bonds is 6. The van der Waals surface area contributed by atoms with E-state index in [-0.39, 0.29) is 23.9 Å². The summed E-state index contributed by atoms with van der Waals surface area (Å²) in [4.78, 5) is 33.1. The normalized spacial score (nSPS) is 21.9. The van der Waals surface area contributed by atoms with Gasteiger partial charge in [0.25, 0.3) is 0 Å². The minimum Gasteiger partial charge on any atom is -0.338 e. The van der Waals surface area contributed by atoms with Crippen molar-refractivity contribution in [1.82, 2.24) is 20.0 Å². The van der Waals surface area contributed by atoms with Crippen LogP contribution in [0.2, 0.25) is 0 Å². The molecule has 2 atom stereocenters. The van der Waals surface area contributed by atoms with Crippen LogP contribution in [0.15, 0.2) is 47.8 Å². The monoisotopic (exact) mass is 426 g/mol. The number of amides is 2. The lowest BCUT2D eigenvalue weighted by Crippen LogP contribution is -2.53. The van der Waals surface area contributed by atoms with Crippen molar-refractivity contribution in [2.75, 3.05) is 32.7 Å². The Bertz CT molecular complexity index is 836. The highest BCUT2D eigenvalue weighted by atomic mass is 32.1. The molecule has 0 bridgehead atoms. The second-order valence-electron chi connectivity index (χ2n) is 8.12. The molecular weight excluding hydrogens is 396 g/mol. The van der Waals surface area contributed by atoms with Crippen molar-refractivity contribution in [3.8, 4) is 0 Å². The average molecular weight is 427 g/mol. The van der Waals surface area contributed by atoms with Gasteiger partial charge in [-0.2, -0.15) is 0 Å². The Balaban J connectivity index is 1.53. The first-order valence-corrected chi connectivity index (χ1v) is 11.6. The number of likely N-dealkylation sites (tertiary alicyclic amines) is 1. The van der Waals surface area contributed by atoms with E-state index in [1.165, 1.54) is 10.4 Å². The van der Waals surface area contributed by atoms with Gasteiger partial charge in [-0.05, 0) is 23.4 Å². The van der Waals surface area contributed by atoms with Crippen molar-refractivity contribution >= 4 is 23.2 Å². The SMILES string of the molecule is CC(=O)N1CC(N(Cc2ccccc2)Cc2cccs2)CC1C(=O)N1CCNCC1. The van der Waals surface area contributed by atoms with Gasteiger partial charge in [-0.1, -0.05) is 36.4 Å². The lowest BCUT2D eigenvalue weighted by molar-refractivity contribution is -0.143. The average Bonchev–Trinajstić information content (AvgIpc) is 3.44. The van der Waals surface area contributed by atoms with Crippen LogP contribution in [0.5, 0.6) is 0 Å². The van der Waals surface area contributed by atoms with Gasteiger partial charge >= 0.3 is 0 Å². The maximum atomic E-state index is 13.2. The van der Waals surface area contributed by atoms with E-state index in [0.717, 1.165) is 26.2 Å². The number of hydrogen-bond acceptors (Lipinski definition) is 5. The van der Waals surface area contributed by atoms with E-state index in [0.29, 0.717) is 26.1 Å². The topological polar surface area (TPSA) is 55.9 Å². The number of thiophene rings is 1. The maximum Gasteiger partial charge on any atom is 0.245 e. The van der Waals surface area contributed by atoms with Crippen molar-refractivity contribution in [3.05, 3.63) is 58.3 Å². The molecule has 2 aliphatic heterocycles. The van der Waals surface area contributed by atoms with Crippen LogP contribution in [0.1, 0.15) is 23.8 Å². The molecule has 3 heterocycles. The number of nitrogens with one attached hydrogen (secondary N) is 1. The van der Waals surface area contributed by atoms with Gasteiger partial charge in [0.1, 0.15) is 6.04 Å². The first-order chi connectivity index (χ1) is 14.6. The lowest BCUT2D eigenvalue weighted by Gasteiger charge is -2.32. The number of carbonyl (C=O) groups is 2.